The smallest absolute Gasteiger partial charge is 0.0654 e. The van der Waals surface area contributed by atoms with Gasteiger partial charge in [-0.25, -0.2) is 0 Å². The minimum absolute atomic E-state index is 0.00108. The van der Waals surface area contributed by atoms with Crippen molar-refractivity contribution >= 4 is 0 Å². The van der Waals surface area contributed by atoms with Crippen molar-refractivity contribution < 1.29 is 5.11 Å². The first-order valence-corrected chi connectivity index (χ1v) is 7.17. The lowest BCUT2D eigenvalue weighted by Gasteiger charge is -2.57. The van der Waals surface area contributed by atoms with Gasteiger partial charge in [-0.2, -0.15) is 0 Å². The van der Waals surface area contributed by atoms with Gasteiger partial charge in [0.1, 0.15) is 0 Å². The molecule has 0 aromatic heterocycles. The molecule has 2 nitrogen and oxygen atoms in total. The molecule has 0 atom stereocenters. The zero-order valence-electron chi connectivity index (χ0n) is 12.9. The van der Waals surface area contributed by atoms with E-state index in [9.17, 15) is 5.11 Å². The summed E-state index contributed by atoms with van der Waals surface area (Å²) in [6.45, 7) is 11.9. The van der Waals surface area contributed by atoms with E-state index < -0.39 is 5.60 Å². The van der Waals surface area contributed by atoms with Crippen LogP contribution in [-0.4, -0.2) is 26.7 Å². The van der Waals surface area contributed by atoms with Crippen LogP contribution in [0.4, 0.5) is 0 Å². The topological polar surface area (TPSA) is 23.5 Å². The molecule has 1 aliphatic rings. The van der Waals surface area contributed by atoms with Gasteiger partial charge in [-0.1, -0.05) is 30.3 Å². The fraction of sp³-hybridized carbons (Fsp3) is 0.647. The van der Waals surface area contributed by atoms with E-state index in [-0.39, 0.29) is 11.1 Å². The second-order valence-corrected chi connectivity index (χ2v) is 7.55. The molecule has 0 aliphatic carbocycles. The molecule has 0 amide bonds. The van der Waals surface area contributed by atoms with E-state index in [0.29, 0.717) is 0 Å². The number of aliphatic hydroxyl groups is 1. The second kappa shape index (κ2) is 4.60. The molecule has 106 valence electrons. The quantitative estimate of drug-likeness (QED) is 0.879. The Morgan fingerprint density at radius 1 is 0.947 bits per heavy atom. The molecule has 0 saturated carbocycles. The van der Waals surface area contributed by atoms with Crippen LogP contribution >= 0.6 is 0 Å². The van der Waals surface area contributed by atoms with Gasteiger partial charge in [0.05, 0.1) is 5.60 Å². The van der Waals surface area contributed by atoms with Crippen LogP contribution in [0.5, 0.6) is 0 Å². The lowest BCUT2D eigenvalue weighted by atomic mass is 9.71. The zero-order valence-corrected chi connectivity index (χ0v) is 12.9. The van der Waals surface area contributed by atoms with Crippen LogP contribution in [0.15, 0.2) is 30.3 Å². The van der Waals surface area contributed by atoms with Crippen LogP contribution in [0, 0.1) is 0 Å². The fourth-order valence-corrected chi connectivity index (χ4v) is 4.13. The van der Waals surface area contributed by atoms with E-state index in [1.165, 1.54) is 5.56 Å². The highest BCUT2D eigenvalue weighted by Gasteiger charge is 2.49. The molecular weight excluding hydrogens is 234 g/mol. The molecule has 1 heterocycles. The molecule has 1 fully saturated rings. The summed E-state index contributed by atoms with van der Waals surface area (Å²) in [5, 5.41) is 10.5. The Hall–Kier alpha value is -0.860. The normalized spacial score (nSPS) is 25.2. The van der Waals surface area contributed by atoms with Gasteiger partial charge in [0.2, 0.25) is 0 Å². The highest BCUT2D eigenvalue weighted by Crippen LogP contribution is 2.43. The third-order valence-electron chi connectivity index (χ3n) is 4.27. The SMILES string of the molecule is CC1(O)CC(C)(C)N(Cc2ccccc2)C(C)(C)C1. The minimum Gasteiger partial charge on any atom is -0.390 e. The van der Waals surface area contributed by atoms with Crippen molar-refractivity contribution in [1.82, 2.24) is 4.90 Å². The molecule has 0 bridgehead atoms. The number of benzene rings is 1. The monoisotopic (exact) mass is 261 g/mol. The van der Waals surface area contributed by atoms with Gasteiger partial charge >= 0.3 is 0 Å². The van der Waals surface area contributed by atoms with E-state index in [4.69, 9.17) is 0 Å². The van der Waals surface area contributed by atoms with E-state index in [1.807, 2.05) is 6.92 Å². The number of likely N-dealkylation sites (tertiary alicyclic amines) is 1. The Labute approximate surface area is 117 Å². The van der Waals surface area contributed by atoms with Gasteiger partial charge in [-0.05, 0) is 53.0 Å². The molecule has 2 rings (SSSR count). The van der Waals surface area contributed by atoms with Crippen LogP contribution < -0.4 is 0 Å². The zero-order chi connectivity index (χ0) is 14.3. The predicted molar refractivity (Wildman–Crippen MR) is 80.0 cm³/mol. The second-order valence-electron chi connectivity index (χ2n) is 7.55. The number of nitrogens with zero attached hydrogens (tertiary/aromatic N) is 1. The first kappa shape index (κ1) is 14.5. The van der Waals surface area contributed by atoms with Crippen molar-refractivity contribution in [1.29, 1.82) is 0 Å². The summed E-state index contributed by atoms with van der Waals surface area (Å²) in [4.78, 5) is 2.54. The Morgan fingerprint density at radius 2 is 1.42 bits per heavy atom. The molecule has 0 unspecified atom stereocenters. The Morgan fingerprint density at radius 3 is 1.89 bits per heavy atom. The van der Waals surface area contributed by atoms with E-state index in [2.05, 4.69) is 62.9 Å². The standard InChI is InChI=1S/C17H27NO/c1-15(2)12-17(5,19)13-16(3,4)18(15)11-14-9-7-6-8-10-14/h6-10,19H,11-13H2,1-5H3. The minimum atomic E-state index is -0.569. The summed E-state index contributed by atoms with van der Waals surface area (Å²) in [6.07, 6.45) is 1.63. The van der Waals surface area contributed by atoms with Crippen molar-refractivity contribution in [2.24, 2.45) is 0 Å². The molecule has 2 heteroatoms. The summed E-state index contributed by atoms with van der Waals surface area (Å²) >= 11 is 0. The number of hydrogen-bond acceptors (Lipinski definition) is 2. The summed E-state index contributed by atoms with van der Waals surface area (Å²) in [5.41, 5.74) is 0.771. The van der Waals surface area contributed by atoms with Crippen molar-refractivity contribution in [3.05, 3.63) is 35.9 Å². The van der Waals surface area contributed by atoms with Gasteiger partial charge in [-0.15, -0.1) is 0 Å². The van der Waals surface area contributed by atoms with Gasteiger partial charge in [0.15, 0.2) is 0 Å². The highest BCUT2D eigenvalue weighted by molar-refractivity contribution is 5.17. The first-order chi connectivity index (χ1) is 8.62. The van der Waals surface area contributed by atoms with Crippen LogP contribution in [0.25, 0.3) is 0 Å². The van der Waals surface area contributed by atoms with Gasteiger partial charge < -0.3 is 5.11 Å². The maximum Gasteiger partial charge on any atom is 0.0654 e. The summed E-state index contributed by atoms with van der Waals surface area (Å²) in [5.74, 6) is 0. The number of hydrogen-bond donors (Lipinski definition) is 1. The van der Waals surface area contributed by atoms with Crippen molar-refractivity contribution in [2.75, 3.05) is 0 Å². The molecule has 1 saturated heterocycles. The van der Waals surface area contributed by atoms with Crippen LogP contribution in [0.3, 0.4) is 0 Å². The fourth-order valence-electron chi connectivity index (χ4n) is 4.13. The number of piperidine rings is 1. The first-order valence-electron chi connectivity index (χ1n) is 7.17. The molecule has 1 aliphatic heterocycles. The summed E-state index contributed by atoms with van der Waals surface area (Å²) in [7, 11) is 0. The lowest BCUT2D eigenvalue weighted by molar-refractivity contribution is -0.130. The van der Waals surface area contributed by atoms with Crippen LogP contribution in [-0.2, 0) is 6.54 Å². The van der Waals surface area contributed by atoms with Crippen molar-refractivity contribution in [2.45, 2.75) is 70.7 Å². The highest BCUT2D eigenvalue weighted by atomic mass is 16.3. The molecule has 1 aromatic rings. The molecule has 0 radical (unpaired) electrons. The maximum absolute atomic E-state index is 10.5. The average Bonchev–Trinajstić information content (AvgIpc) is 2.22. The van der Waals surface area contributed by atoms with Gasteiger partial charge in [-0.3, -0.25) is 4.90 Å². The van der Waals surface area contributed by atoms with Crippen molar-refractivity contribution in [3.63, 3.8) is 0 Å². The summed E-state index contributed by atoms with van der Waals surface area (Å²) < 4.78 is 0. The van der Waals surface area contributed by atoms with Crippen LogP contribution in [0.1, 0.15) is 53.0 Å². The third-order valence-corrected chi connectivity index (χ3v) is 4.27. The average molecular weight is 261 g/mol. The Bertz CT molecular complexity index is 414. The van der Waals surface area contributed by atoms with E-state index >= 15 is 0 Å². The molecular formula is C17H27NO. The Kier molecular flexibility index (Phi) is 3.53. The van der Waals surface area contributed by atoms with Crippen LogP contribution in [0.2, 0.25) is 0 Å². The van der Waals surface area contributed by atoms with E-state index in [1.54, 1.807) is 0 Å². The molecule has 0 spiro atoms. The third kappa shape index (κ3) is 3.18. The molecule has 1 aromatic carbocycles. The predicted octanol–water partition coefficient (Wildman–Crippen LogP) is 3.59. The van der Waals surface area contributed by atoms with Crippen molar-refractivity contribution in [3.8, 4) is 0 Å². The molecule has 1 N–H and O–H groups in total. The number of rotatable bonds is 2. The van der Waals surface area contributed by atoms with Gasteiger partial charge in [0, 0.05) is 17.6 Å². The summed E-state index contributed by atoms with van der Waals surface area (Å²) in [6, 6.07) is 10.6. The van der Waals surface area contributed by atoms with E-state index in [0.717, 1.165) is 19.4 Å². The largest absolute Gasteiger partial charge is 0.390 e. The van der Waals surface area contributed by atoms with Gasteiger partial charge in [0.25, 0.3) is 0 Å². The lowest BCUT2D eigenvalue weighted by Crippen LogP contribution is -2.64. The maximum atomic E-state index is 10.5. The Balaban J connectivity index is 2.27. The molecule has 19 heavy (non-hydrogen) atoms.